The highest BCUT2D eigenvalue weighted by atomic mass is 127. The Labute approximate surface area is 126 Å². The van der Waals surface area contributed by atoms with Crippen molar-refractivity contribution >= 4 is 34.2 Å². The maximum absolute atomic E-state index is 12.3. The van der Waals surface area contributed by atoms with Gasteiger partial charge in [-0.15, -0.1) is 0 Å². The zero-order valence-corrected chi connectivity index (χ0v) is 12.9. The molecule has 0 fully saturated rings. The molecule has 2 rings (SSSR count). The van der Waals surface area contributed by atoms with E-state index in [0.717, 1.165) is 15.0 Å². The van der Waals surface area contributed by atoms with Gasteiger partial charge in [0.15, 0.2) is 0 Å². The van der Waals surface area contributed by atoms with E-state index in [1.807, 2.05) is 48.5 Å². The molecule has 0 aliphatic rings. The van der Waals surface area contributed by atoms with Gasteiger partial charge in [0.2, 0.25) is 0 Å². The third-order valence-corrected chi connectivity index (χ3v) is 3.51. The third-order valence-electron chi connectivity index (χ3n) is 2.84. The molecule has 0 spiro atoms. The Morgan fingerprint density at radius 3 is 2.42 bits per heavy atom. The Morgan fingerprint density at radius 1 is 1.16 bits per heavy atom. The molecule has 0 saturated heterocycles. The van der Waals surface area contributed by atoms with E-state index in [2.05, 4.69) is 22.6 Å². The van der Waals surface area contributed by atoms with E-state index in [1.165, 1.54) is 0 Å². The van der Waals surface area contributed by atoms with Crippen LogP contribution in [-0.4, -0.2) is 20.1 Å². The van der Waals surface area contributed by atoms with Crippen LogP contribution in [0.3, 0.4) is 0 Å². The Bertz CT molecular complexity index is 581. The summed E-state index contributed by atoms with van der Waals surface area (Å²) in [5.41, 5.74) is 1.52. The number of carbonyl (C=O) groups excluding carboxylic acids is 1. The van der Waals surface area contributed by atoms with E-state index in [-0.39, 0.29) is 5.91 Å². The molecule has 2 aromatic carbocycles. The Morgan fingerprint density at radius 2 is 1.84 bits per heavy atom. The molecule has 19 heavy (non-hydrogen) atoms. The topological polar surface area (TPSA) is 29.5 Å². The molecule has 3 nitrogen and oxygen atoms in total. The van der Waals surface area contributed by atoms with Gasteiger partial charge in [-0.05, 0) is 65.1 Å². The smallest absolute Gasteiger partial charge is 0.258 e. The van der Waals surface area contributed by atoms with E-state index in [9.17, 15) is 4.79 Å². The lowest BCUT2D eigenvalue weighted by atomic mass is 10.2. The van der Waals surface area contributed by atoms with Crippen LogP contribution in [0, 0.1) is 3.57 Å². The second-order valence-electron chi connectivity index (χ2n) is 4.07. The van der Waals surface area contributed by atoms with Crippen LogP contribution in [0.4, 0.5) is 5.69 Å². The largest absolute Gasteiger partial charge is 0.497 e. The number of benzene rings is 2. The zero-order valence-electron chi connectivity index (χ0n) is 10.8. The molecular formula is C15H14INO2. The first-order chi connectivity index (χ1) is 9.11. The normalized spacial score (nSPS) is 10.1. The summed E-state index contributed by atoms with van der Waals surface area (Å²) >= 11 is 2.20. The number of ether oxygens (including phenoxy) is 1. The molecule has 0 unspecified atom stereocenters. The van der Waals surface area contributed by atoms with Crippen LogP contribution in [0.5, 0.6) is 5.75 Å². The average molecular weight is 367 g/mol. The van der Waals surface area contributed by atoms with Gasteiger partial charge in [-0.2, -0.15) is 0 Å². The van der Waals surface area contributed by atoms with Crippen molar-refractivity contribution in [2.24, 2.45) is 0 Å². The minimum Gasteiger partial charge on any atom is -0.497 e. The maximum atomic E-state index is 12.3. The van der Waals surface area contributed by atoms with E-state index in [4.69, 9.17) is 4.74 Å². The Hall–Kier alpha value is -1.56. The van der Waals surface area contributed by atoms with Crippen LogP contribution in [-0.2, 0) is 0 Å². The summed E-state index contributed by atoms with van der Waals surface area (Å²) < 4.78 is 6.15. The second-order valence-corrected chi connectivity index (χ2v) is 5.32. The standard InChI is InChI=1S/C15H14INO2/c1-17(13-6-8-14(19-2)9-7-13)15(18)11-4-3-5-12(16)10-11/h3-10H,1-2H3. The fourth-order valence-electron chi connectivity index (χ4n) is 1.74. The van der Waals surface area contributed by atoms with Crippen molar-refractivity contribution in [3.05, 3.63) is 57.7 Å². The lowest BCUT2D eigenvalue weighted by molar-refractivity contribution is 0.0993. The third kappa shape index (κ3) is 3.26. The van der Waals surface area contributed by atoms with Crippen molar-refractivity contribution in [2.45, 2.75) is 0 Å². The van der Waals surface area contributed by atoms with Crippen molar-refractivity contribution < 1.29 is 9.53 Å². The molecule has 2 aromatic rings. The van der Waals surface area contributed by atoms with Crippen LogP contribution < -0.4 is 9.64 Å². The number of rotatable bonds is 3. The number of anilines is 1. The van der Waals surface area contributed by atoms with Crippen LogP contribution in [0.2, 0.25) is 0 Å². The average Bonchev–Trinajstić information content (AvgIpc) is 2.46. The summed E-state index contributed by atoms with van der Waals surface area (Å²) in [5, 5.41) is 0. The molecule has 0 atom stereocenters. The maximum Gasteiger partial charge on any atom is 0.258 e. The van der Waals surface area contributed by atoms with Crippen LogP contribution in [0.15, 0.2) is 48.5 Å². The Kier molecular flexibility index (Phi) is 4.42. The fraction of sp³-hybridized carbons (Fsp3) is 0.133. The summed E-state index contributed by atoms with van der Waals surface area (Å²) in [7, 11) is 3.39. The molecule has 0 aliphatic heterocycles. The van der Waals surface area contributed by atoms with Crippen molar-refractivity contribution in [3.8, 4) is 5.75 Å². The van der Waals surface area contributed by atoms with Crippen LogP contribution >= 0.6 is 22.6 Å². The number of methoxy groups -OCH3 is 1. The number of halogens is 1. The molecule has 4 heteroatoms. The predicted octanol–water partition coefficient (Wildman–Crippen LogP) is 3.58. The monoisotopic (exact) mass is 367 g/mol. The predicted molar refractivity (Wildman–Crippen MR) is 84.9 cm³/mol. The van der Waals surface area contributed by atoms with E-state index < -0.39 is 0 Å². The molecule has 0 radical (unpaired) electrons. The number of hydrogen-bond acceptors (Lipinski definition) is 2. The van der Waals surface area contributed by atoms with Crippen molar-refractivity contribution in [2.75, 3.05) is 19.1 Å². The summed E-state index contributed by atoms with van der Waals surface area (Å²) in [6.45, 7) is 0. The molecule has 0 N–H and O–H groups in total. The van der Waals surface area contributed by atoms with E-state index >= 15 is 0 Å². The fourth-order valence-corrected chi connectivity index (χ4v) is 2.28. The molecular weight excluding hydrogens is 353 g/mol. The van der Waals surface area contributed by atoms with Gasteiger partial charge in [0.05, 0.1) is 7.11 Å². The summed E-state index contributed by atoms with van der Waals surface area (Å²) in [6, 6.07) is 15.0. The SMILES string of the molecule is COc1ccc(N(C)C(=O)c2cccc(I)c2)cc1. The van der Waals surface area contributed by atoms with E-state index in [0.29, 0.717) is 5.56 Å². The molecule has 0 heterocycles. The molecule has 0 aromatic heterocycles. The molecule has 1 amide bonds. The van der Waals surface area contributed by atoms with E-state index in [1.54, 1.807) is 19.1 Å². The summed E-state index contributed by atoms with van der Waals surface area (Å²) in [6.07, 6.45) is 0. The number of nitrogens with zero attached hydrogens (tertiary/aromatic N) is 1. The summed E-state index contributed by atoms with van der Waals surface area (Å²) in [4.78, 5) is 14.0. The lowest BCUT2D eigenvalue weighted by Gasteiger charge is -2.17. The first-order valence-corrected chi connectivity index (χ1v) is 6.87. The highest BCUT2D eigenvalue weighted by molar-refractivity contribution is 14.1. The van der Waals surface area contributed by atoms with Crippen molar-refractivity contribution in [3.63, 3.8) is 0 Å². The van der Waals surface area contributed by atoms with Gasteiger partial charge in [-0.3, -0.25) is 4.79 Å². The van der Waals surface area contributed by atoms with Gasteiger partial charge in [0, 0.05) is 21.9 Å². The molecule has 0 aliphatic carbocycles. The quantitative estimate of drug-likeness (QED) is 0.777. The van der Waals surface area contributed by atoms with Gasteiger partial charge in [-0.1, -0.05) is 6.07 Å². The zero-order chi connectivity index (χ0) is 13.8. The molecule has 0 bridgehead atoms. The highest BCUT2D eigenvalue weighted by Gasteiger charge is 2.13. The minimum atomic E-state index is -0.0244. The number of amides is 1. The minimum absolute atomic E-state index is 0.0244. The Balaban J connectivity index is 2.23. The van der Waals surface area contributed by atoms with Crippen LogP contribution in [0.1, 0.15) is 10.4 Å². The summed E-state index contributed by atoms with van der Waals surface area (Å²) in [5.74, 6) is 0.752. The van der Waals surface area contributed by atoms with Gasteiger partial charge < -0.3 is 9.64 Å². The molecule has 98 valence electrons. The van der Waals surface area contributed by atoms with Crippen molar-refractivity contribution in [1.29, 1.82) is 0 Å². The highest BCUT2D eigenvalue weighted by Crippen LogP contribution is 2.20. The van der Waals surface area contributed by atoms with Gasteiger partial charge >= 0.3 is 0 Å². The van der Waals surface area contributed by atoms with Crippen molar-refractivity contribution in [1.82, 2.24) is 0 Å². The lowest BCUT2D eigenvalue weighted by Crippen LogP contribution is -2.26. The van der Waals surface area contributed by atoms with Gasteiger partial charge in [0.25, 0.3) is 5.91 Å². The number of carbonyl (C=O) groups is 1. The second kappa shape index (κ2) is 6.06. The van der Waals surface area contributed by atoms with Crippen LogP contribution in [0.25, 0.3) is 0 Å². The first kappa shape index (κ1) is 13.9. The molecule has 0 saturated carbocycles. The van der Waals surface area contributed by atoms with Gasteiger partial charge in [0.1, 0.15) is 5.75 Å². The van der Waals surface area contributed by atoms with Gasteiger partial charge in [-0.25, -0.2) is 0 Å². The first-order valence-electron chi connectivity index (χ1n) is 5.79. The number of hydrogen-bond donors (Lipinski definition) is 0.